The standard InChI is InChI=1S/C20H22N2O5/c1-13(22-18(23)20(7-8-20)19(24)25)15-3-4-16(17(11-15)26-2)27-12-14-5-9-21-10-6-14/h3-6,9-11,13H,7-8,12H2,1-2H3,(H,22,23)(H,24,25). The smallest absolute Gasteiger partial charge is 0.319 e. The molecule has 1 aliphatic rings. The molecule has 7 nitrogen and oxygen atoms in total. The van der Waals surface area contributed by atoms with E-state index in [1.807, 2.05) is 25.1 Å². The average Bonchev–Trinajstić information content (AvgIpc) is 3.49. The second-order valence-electron chi connectivity index (χ2n) is 6.64. The number of hydrogen-bond acceptors (Lipinski definition) is 5. The van der Waals surface area contributed by atoms with E-state index in [-0.39, 0.29) is 6.04 Å². The maximum atomic E-state index is 12.3. The number of carbonyl (C=O) groups excluding carboxylic acids is 1. The highest BCUT2D eigenvalue weighted by Gasteiger charge is 2.57. The number of pyridine rings is 1. The molecule has 2 N–H and O–H groups in total. The molecular weight excluding hydrogens is 348 g/mol. The van der Waals surface area contributed by atoms with Gasteiger partial charge in [-0.1, -0.05) is 6.07 Å². The number of aliphatic carboxylic acids is 1. The first-order chi connectivity index (χ1) is 13.0. The van der Waals surface area contributed by atoms with Crippen molar-refractivity contribution in [3.63, 3.8) is 0 Å². The summed E-state index contributed by atoms with van der Waals surface area (Å²) in [5, 5.41) is 12.0. The lowest BCUT2D eigenvalue weighted by Gasteiger charge is -2.19. The van der Waals surface area contributed by atoms with E-state index in [0.717, 1.165) is 11.1 Å². The zero-order valence-electron chi connectivity index (χ0n) is 15.3. The number of nitrogens with zero attached hydrogens (tertiary/aromatic N) is 1. The summed E-state index contributed by atoms with van der Waals surface area (Å²) in [6.45, 7) is 2.19. The molecule has 0 bridgehead atoms. The number of ether oxygens (including phenoxy) is 2. The van der Waals surface area contributed by atoms with Gasteiger partial charge in [0.05, 0.1) is 13.2 Å². The summed E-state index contributed by atoms with van der Waals surface area (Å²) in [4.78, 5) is 27.5. The van der Waals surface area contributed by atoms with Crippen molar-refractivity contribution in [1.82, 2.24) is 10.3 Å². The number of hydrogen-bond donors (Lipinski definition) is 2. The van der Waals surface area contributed by atoms with Gasteiger partial charge in [-0.05, 0) is 55.2 Å². The highest BCUT2D eigenvalue weighted by Crippen LogP contribution is 2.46. The van der Waals surface area contributed by atoms with Crippen LogP contribution < -0.4 is 14.8 Å². The van der Waals surface area contributed by atoms with Crippen molar-refractivity contribution < 1.29 is 24.2 Å². The van der Waals surface area contributed by atoms with Gasteiger partial charge in [-0.3, -0.25) is 14.6 Å². The van der Waals surface area contributed by atoms with Gasteiger partial charge in [-0.25, -0.2) is 0 Å². The molecule has 0 radical (unpaired) electrons. The van der Waals surface area contributed by atoms with Gasteiger partial charge in [0.1, 0.15) is 12.0 Å². The van der Waals surface area contributed by atoms with Gasteiger partial charge in [-0.15, -0.1) is 0 Å². The van der Waals surface area contributed by atoms with Crippen molar-refractivity contribution in [2.45, 2.75) is 32.4 Å². The number of carboxylic acids is 1. The van der Waals surface area contributed by atoms with Crippen molar-refractivity contribution >= 4 is 11.9 Å². The van der Waals surface area contributed by atoms with Gasteiger partial charge < -0.3 is 19.9 Å². The van der Waals surface area contributed by atoms with Gasteiger partial charge in [0.25, 0.3) is 0 Å². The van der Waals surface area contributed by atoms with Gasteiger partial charge in [-0.2, -0.15) is 0 Å². The minimum Gasteiger partial charge on any atom is -0.493 e. The van der Waals surface area contributed by atoms with Crippen molar-refractivity contribution in [3.8, 4) is 11.5 Å². The Morgan fingerprint density at radius 1 is 1.22 bits per heavy atom. The molecule has 1 amide bonds. The van der Waals surface area contributed by atoms with Crippen LogP contribution in [0.5, 0.6) is 11.5 Å². The number of benzene rings is 1. The first kappa shape index (κ1) is 18.7. The Hall–Kier alpha value is -3.09. The Balaban J connectivity index is 1.68. The van der Waals surface area contributed by atoms with E-state index in [4.69, 9.17) is 9.47 Å². The molecule has 7 heteroatoms. The molecule has 142 valence electrons. The second-order valence-corrected chi connectivity index (χ2v) is 6.64. The van der Waals surface area contributed by atoms with Crippen molar-refractivity contribution in [3.05, 3.63) is 53.9 Å². The summed E-state index contributed by atoms with van der Waals surface area (Å²) >= 11 is 0. The maximum absolute atomic E-state index is 12.3. The SMILES string of the molecule is COc1cc(C(C)NC(=O)C2(C(=O)O)CC2)ccc1OCc1ccncc1. The predicted molar refractivity (Wildman–Crippen MR) is 97.4 cm³/mol. The second kappa shape index (κ2) is 7.65. The van der Waals surface area contributed by atoms with Crippen LogP contribution in [0.25, 0.3) is 0 Å². The van der Waals surface area contributed by atoms with Crippen LogP contribution >= 0.6 is 0 Å². The molecule has 1 heterocycles. The Morgan fingerprint density at radius 2 is 1.93 bits per heavy atom. The molecule has 1 saturated carbocycles. The van der Waals surface area contributed by atoms with Crippen molar-refractivity contribution in [2.75, 3.05) is 7.11 Å². The Morgan fingerprint density at radius 3 is 2.52 bits per heavy atom. The molecular formula is C20H22N2O5. The van der Waals surface area contributed by atoms with E-state index in [2.05, 4.69) is 10.3 Å². The summed E-state index contributed by atoms with van der Waals surface area (Å²) < 4.78 is 11.2. The number of carboxylic acid groups (broad SMARTS) is 1. The highest BCUT2D eigenvalue weighted by atomic mass is 16.5. The number of methoxy groups -OCH3 is 1. The van der Waals surface area contributed by atoms with Gasteiger partial charge >= 0.3 is 5.97 Å². The van der Waals surface area contributed by atoms with Crippen LogP contribution in [0, 0.1) is 5.41 Å². The summed E-state index contributed by atoms with van der Waals surface area (Å²) in [5.74, 6) is -0.382. The quantitative estimate of drug-likeness (QED) is 0.694. The lowest BCUT2D eigenvalue weighted by Crippen LogP contribution is -2.38. The number of aromatic nitrogens is 1. The minimum atomic E-state index is -1.26. The third-order valence-corrected chi connectivity index (χ3v) is 4.77. The Labute approximate surface area is 157 Å². The van der Waals surface area contributed by atoms with Crippen LogP contribution in [-0.4, -0.2) is 29.1 Å². The molecule has 3 rings (SSSR count). The number of nitrogens with one attached hydrogen (secondary N) is 1. The van der Waals surface area contributed by atoms with E-state index < -0.39 is 17.3 Å². The normalized spacial score (nSPS) is 15.5. The summed E-state index contributed by atoms with van der Waals surface area (Å²) in [7, 11) is 1.55. The maximum Gasteiger partial charge on any atom is 0.319 e. The lowest BCUT2D eigenvalue weighted by molar-refractivity contribution is -0.149. The fraction of sp³-hybridized carbons (Fsp3) is 0.350. The van der Waals surface area contributed by atoms with E-state index >= 15 is 0 Å². The highest BCUT2D eigenvalue weighted by molar-refractivity contribution is 6.04. The van der Waals surface area contributed by atoms with Crippen LogP contribution in [0.1, 0.15) is 36.9 Å². The van der Waals surface area contributed by atoms with Crippen molar-refractivity contribution in [2.24, 2.45) is 5.41 Å². The van der Waals surface area contributed by atoms with Crippen molar-refractivity contribution in [1.29, 1.82) is 0 Å². The van der Waals surface area contributed by atoms with Crippen LogP contribution in [0.3, 0.4) is 0 Å². The predicted octanol–water partition coefficient (Wildman–Crippen LogP) is 2.71. The Kier molecular flexibility index (Phi) is 5.30. The van der Waals surface area contributed by atoms with Crippen LogP contribution in [0.4, 0.5) is 0 Å². The lowest BCUT2D eigenvalue weighted by atomic mass is 10.0. The first-order valence-corrected chi connectivity index (χ1v) is 8.70. The number of rotatable bonds is 8. The fourth-order valence-corrected chi connectivity index (χ4v) is 2.79. The van der Waals surface area contributed by atoms with Gasteiger partial charge in [0.2, 0.25) is 5.91 Å². The average molecular weight is 370 g/mol. The first-order valence-electron chi connectivity index (χ1n) is 8.70. The minimum absolute atomic E-state index is 0.350. The largest absolute Gasteiger partial charge is 0.493 e. The Bertz CT molecular complexity index is 834. The molecule has 0 spiro atoms. The third-order valence-electron chi connectivity index (χ3n) is 4.77. The van der Waals surface area contributed by atoms with E-state index in [1.54, 1.807) is 31.6 Å². The third kappa shape index (κ3) is 4.02. The number of carbonyl (C=O) groups is 2. The topological polar surface area (TPSA) is 97.8 Å². The zero-order valence-corrected chi connectivity index (χ0v) is 15.3. The zero-order chi connectivity index (χ0) is 19.4. The van der Waals surface area contributed by atoms with E-state index in [1.165, 1.54) is 0 Å². The van der Waals surface area contributed by atoms with Crippen LogP contribution in [0.15, 0.2) is 42.7 Å². The monoisotopic (exact) mass is 370 g/mol. The summed E-state index contributed by atoms with van der Waals surface area (Å²) in [5.41, 5.74) is 0.532. The molecule has 1 atom stereocenters. The molecule has 1 aromatic carbocycles. The van der Waals surface area contributed by atoms with E-state index in [0.29, 0.717) is 30.9 Å². The summed E-state index contributed by atoms with van der Waals surface area (Å²) in [6.07, 6.45) is 4.16. The van der Waals surface area contributed by atoms with Gasteiger partial charge in [0.15, 0.2) is 11.5 Å². The van der Waals surface area contributed by atoms with Crippen LogP contribution in [0.2, 0.25) is 0 Å². The number of amides is 1. The van der Waals surface area contributed by atoms with Gasteiger partial charge in [0, 0.05) is 12.4 Å². The molecule has 1 aliphatic carbocycles. The fourth-order valence-electron chi connectivity index (χ4n) is 2.79. The summed E-state index contributed by atoms with van der Waals surface area (Å²) in [6, 6.07) is 8.78. The van der Waals surface area contributed by atoms with E-state index in [9.17, 15) is 14.7 Å². The molecule has 1 fully saturated rings. The molecule has 1 unspecified atom stereocenters. The van der Waals surface area contributed by atoms with Crippen LogP contribution in [-0.2, 0) is 16.2 Å². The molecule has 27 heavy (non-hydrogen) atoms. The molecule has 0 saturated heterocycles. The molecule has 2 aromatic rings. The molecule has 0 aliphatic heterocycles. The molecule has 1 aromatic heterocycles.